The first-order valence-electron chi connectivity index (χ1n) is 7.63. The molecular weight excluding hydrogens is 278 g/mol. The Kier molecular flexibility index (Phi) is 5.58. The first-order valence-corrected chi connectivity index (χ1v) is 7.63. The zero-order valence-corrected chi connectivity index (χ0v) is 13.4. The number of aryl methyl sites for hydroxylation is 1. The molecule has 0 aliphatic rings. The zero-order valence-electron chi connectivity index (χ0n) is 13.4. The van der Waals surface area contributed by atoms with Crippen LogP contribution in [0.25, 0.3) is 0 Å². The van der Waals surface area contributed by atoms with Crippen LogP contribution in [0.4, 0.5) is 0 Å². The molecular formula is C17H23N3O2. The molecule has 1 amide bonds. The fraction of sp³-hybridized carbons (Fsp3) is 0.412. The van der Waals surface area contributed by atoms with Crippen molar-refractivity contribution < 1.29 is 9.53 Å². The van der Waals surface area contributed by atoms with Crippen molar-refractivity contribution in [2.24, 2.45) is 7.05 Å². The molecule has 0 saturated carbocycles. The third kappa shape index (κ3) is 4.10. The van der Waals surface area contributed by atoms with Gasteiger partial charge in [-0.15, -0.1) is 0 Å². The molecule has 2 rings (SSSR count). The Balaban J connectivity index is 1.95. The van der Waals surface area contributed by atoms with Gasteiger partial charge in [0, 0.05) is 13.2 Å². The number of ether oxygens (including phenoxy) is 1. The second-order valence-electron chi connectivity index (χ2n) is 5.16. The molecule has 0 saturated heterocycles. The molecule has 1 aromatic carbocycles. The van der Waals surface area contributed by atoms with E-state index in [-0.39, 0.29) is 11.9 Å². The van der Waals surface area contributed by atoms with Crippen LogP contribution in [0.5, 0.6) is 5.75 Å². The quantitative estimate of drug-likeness (QED) is 0.855. The van der Waals surface area contributed by atoms with Crippen molar-refractivity contribution in [2.75, 3.05) is 6.61 Å². The van der Waals surface area contributed by atoms with Crippen LogP contribution < -0.4 is 10.1 Å². The lowest BCUT2D eigenvalue weighted by Crippen LogP contribution is -2.30. The van der Waals surface area contributed by atoms with Crippen molar-refractivity contribution in [3.05, 3.63) is 47.8 Å². The topological polar surface area (TPSA) is 56.1 Å². The van der Waals surface area contributed by atoms with Crippen molar-refractivity contribution in [3.8, 4) is 5.75 Å². The fourth-order valence-electron chi connectivity index (χ4n) is 2.41. The van der Waals surface area contributed by atoms with Crippen LogP contribution in [0.15, 0.2) is 36.5 Å². The highest BCUT2D eigenvalue weighted by Crippen LogP contribution is 2.16. The van der Waals surface area contributed by atoms with Gasteiger partial charge in [0.1, 0.15) is 5.75 Å². The Hall–Kier alpha value is -2.30. The van der Waals surface area contributed by atoms with E-state index in [2.05, 4.69) is 17.3 Å². The predicted octanol–water partition coefficient (Wildman–Crippen LogP) is 2.63. The van der Waals surface area contributed by atoms with Crippen LogP contribution in [0, 0.1) is 0 Å². The maximum atomic E-state index is 12.2. The first-order chi connectivity index (χ1) is 10.6. The van der Waals surface area contributed by atoms with Gasteiger partial charge >= 0.3 is 0 Å². The molecule has 0 radical (unpaired) electrons. The summed E-state index contributed by atoms with van der Waals surface area (Å²) < 4.78 is 7.20. The fourth-order valence-corrected chi connectivity index (χ4v) is 2.41. The number of carbonyl (C=O) groups excluding carboxylic acids is 1. The predicted molar refractivity (Wildman–Crippen MR) is 85.7 cm³/mol. The molecule has 1 heterocycles. The molecule has 0 aliphatic heterocycles. The maximum Gasteiger partial charge on any atom is 0.224 e. The van der Waals surface area contributed by atoms with E-state index in [0.717, 1.165) is 23.4 Å². The molecule has 22 heavy (non-hydrogen) atoms. The minimum Gasteiger partial charge on any atom is -0.494 e. The van der Waals surface area contributed by atoms with Crippen LogP contribution in [0.2, 0.25) is 0 Å². The summed E-state index contributed by atoms with van der Waals surface area (Å²) in [4.78, 5) is 12.2. The summed E-state index contributed by atoms with van der Waals surface area (Å²) in [6.07, 6.45) is 2.94. The summed E-state index contributed by atoms with van der Waals surface area (Å²) in [5.74, 6) is 0.838. The monoisotopic (exact) mass is 301 g/mol. The van der Waals surface area contributed by atoms with Gasteiger partial charge in [-0.05, 0) is 37.1 Å². The van der Waals surface area contributed by atoms with Crippen molar-refractivity contribution in [1.29, 1.82) is 0 Å². The number of nitrogens with one attached hydrogen (secondary N) is 1. The highest BCUT2D eigenvalue weighted by Gasteiger charge is 2.15. The number of aromatic nitrogens is 2. The van der Waals surface area contributed by atoms with Gasteiger partial charge in [-0.25, -0.2) is 0 Å². The van der Waals surface area contributed by atoms with Crippen molar-refractivity contribution in [2.45, 2.75) is 32.7 Å². The summed E-state index contributed by atoms with van der Waals surface area (Å²) in [5.41, 5.74) is 1.99. The number of hydrogen-bond acceptors (Lipinski definition) is 3. The zero-order chi connectivity index (χ0) is 15.9. The van der Waals surface area contributed by atoms with Crippen molar-refractivity contribution >= 4 is 5.91 Å². The summed E-state index contributed by atoms with van der Waals surface area (Å²) in [7, 11) is 1.89. The Labute approximate surface area is 131 Å². The average molecular weight is 301 g/mol. The molecule has 5 nitrogen and oxygen atoms in total. The lowest BCUT2D eigenvalue weighted by atomic mass is 10.1. The standard InChI is InChI=1S/C17H23N3O2/c1-4-15(16-10-11-18-20(16)3)19-17(21)12-13-6-8-14(9-7-13)22-5-2/h6-11,15H,4-5,12H2,1-3H3,(H,19,21)/t15-/m1/s1. The molecule has 0 unspecified atom stereocenters. The largest absolute Gasteiger partial charge is 0.494 e. The van der Waals surface area contributed by atoms with E-state index in [9.17, 15) is 4.79 Å². The lowest BCUT2D eigenvalue weighted by molar-refractivity contribution is -0.121. The molecule has 0 spiro atoms. The van der Waals surface area contributed by atoms with Gasteiger partial charge < -0.3 is 10.1 Å². The van der Waals surface area contributed by atoms with Gasteiger partial charge in [0.05, 0.1) is 24.8 Å². The molecule has 1 aromatic heterocycles. The third-order valence-corrected chi connectivity index (χ3v) is 3.56. The van der Waals surface area contributed by atoms with Crippen molar-refractivity contribution in [1.82, 2.24) is 15.1 Å². The molecule has 0 fully saturated rings. The number of nitrogens with zero attached hydrogens (tertiary/aromatic N) is 2. The minimum absolute atomic E-state index is 0.0113. The highest BCUT2D eigenvalue weighted by molar-refractivity contribution is 5.79. The van der Waals surface area contributed by atoms with E-state index >= 15 is 0 Å². The van der Waals surface area contributed by atoms with Crippen LogP contribution >= 0.6 is 0 Å². The Morgan fingerprint density at radius 3 is 2.55 bits per heavy atom. The molecule has 2 aromatic rings. The smallest absolute Gasteiger partial charge is 0.224 e. The summed E-state index contributed by atoms with van der Waals surface area (Å²) in [5, 5.41) is 7.22. The Morgan fingerprint density at radius 1 is 1.27 bits per heavy atom. The van der Waals surface area contributed by atoms with E-state index in [1.54, 1.807) is 10.9 Å². The Morgan fingerprint density at radius 2 is 2.00 bits per heavy atom. The number of amides is 1. The van der Waals surface area contributed by atoms with E-state index < -0.39 is 0 Å². The minimum atomic E-state index is -0.0114. The third-order valence-electron chi connectivity index (χ3n) is 3.56. The Bertz CT molecular complexity index is 605. The summed E-state index contributed by atoms with van der Waals surface area (Å²) in [6, 6.07) is 9.56. The molecule has 1 atom stereocenters. The van der Waals surface area contributed by atoms with Gasteiger partial charge in [-0.2, -0.15) is 5.10 Å². The lowest BCUT2D eigenvalue weighted by Gasteiger charge is -2.17. The average Bonchev–Trinajstić information content (AvgIpc) is 2.93. The van der Waals surface area contributed by atoms with Crippen LogP contribution in [0.3, 0.4) is 0 Å². The van der Waals surface area contributed by atoms with E-state index in [0.29, 0.717) is 13.0 Å². The number of rotatable bonds is 7. The highest BCUT2D eigenvalue weighted by atomic mass is 16.5. The maximum absolute atomic E-state index is 12.2. The van der Waals surface area contributed by atoms with E-state index in [1.165, 1.54) is 0 Å². The van der Waals surface area contributed by atoms with Crippen LogP contribution in [-0.2, 0) is 18.3 Å². The summed E-state index contributed by atoms with van der Waals surface area (Å²) in [6.45, 7) is 4.64. The molecule has 0 aliphatic carbocycles. The normalized spacial score (nSPS) is 12.0. The van der Waals surface area contributed by atoms with E-state index in [4.69, 9.17) is 4.74 Å². The summed E-state index contributed by atoms with van der Waals surface area (Å²) >= 11 is 0. The van der Waals surface area contributed by atoms with Crippen LogP contribution in [-0.4, -0.2) is 22.3 Å². The second kappa shape index (κ2) is 7.64. The SMILES string of the molecule is CCOc1ccc(CC(=O)N[C@H](CC)c2ccnn2C)cc1. The molecule has 118 valence electrons. The van der Waals surface area contributed by atoms with Crippen LogP contribution in [0.1, 0.15) is 37.6 Å². The van der Waals surface area contributed by atoms with Gasteiger partial charge in [-0.3, -0.25) is 9.48 Å². The number of carbonyl (C=O) groups is 1. The molecule has 5 heteroatoms. The van der Waals surface area contributed by atoms with Gasteiger partial charge in [0.15, 0.2) is 0 Å². The molecule has 0 bridgehead atoms. The van der Waals surface area contributed by atoms with E-state index in [1.807, 2.05) is 44.3 Å². The van der Waals surface area contributed by atoms with Crippen molar-refractivity contribution in [3.63, 3.8) is 0 Å². The number of hydrogen-bond donors (Lipinski definition) is 1. The number of benzene rings is 1. The second-order valence-corrected chi connectivity index (χ2v) is 5.16. The molecule has 1 N–H and O–H groups in total. The van der Waals surface area contributed by atoms with Gasteiger partial charge in [0.2, 0.25) is 5.91 Å². The van der Waals surface area contributed by atoms with Gasteiger partial charge in [0.25, 0.3) is 0 Å². The first kappa shape index (κ1) is 16.1. The van der Waals surface area contributed by atoms with Gasteiger partial charge in [-0.1, -0.05) is 19.1 Å².